The number of rotatable bonds is 2. The molecule has 0 atom stereocenters. The molecule has 8 heteroatoms. The van der Waals surface area contributed by atoms with Crippen molar-refractivity contribution in [2.45, 2.75) is 24.9 Å². The third-order valence-electron chi connectivity index (χ3n) is 3.42. The Kier molecular flexibility index (Phi) is 3.23. The maximum atomic E-state index is 13.2. The SMILES string of the molecule is COC(=O)c1nc2c(C(F)(F)F)cc(C3CC3)cn2c1Br. The number of pyridine rings is 1. The predicted molar refractivity (Wildman–Crippen MR) is 71.2 cm³/mol. The number of ether oxygens (including phenoxy) is 1. The highest BCUT2D eigenvalue weighted by molar-refractivity contribution is 9.10. The van der Waals surface area contributed by atoms with Crippen LogP contribution in [0, 0.1) is 0 Å². The molecule has 0 aliphatic heterocycles. The number of halogens is 4. The van der Waals surface area contributed by atoms with Gasteiger partial charge in [-0.05, 0) is 46.3 Å². The maximum absolute atomic E-state index is 13.2. The van der Waals surface area contributed by atoms with Crippen LogP contribution in [0.1, 0.15) is 40.4 Å². The van der Waals surface area contributed by atoms with Crippen LogP contribution in [0.2, 0.25) is 0 Å². The van der Waals surface area contributed by atoms with E-state index >= 15 is 0 Å². The second kappa shape index (κ2) is 4.72. The summed E-state index contributed by atoms with van der Waals surface area (Å²) in [5.74, 6) is -0.641. The molecule has 0 bridgehead atoms. The normalized spacial score (nSPS) is 15.5. The minimum Gasteiger partial charge on any atom is -0.464 e. The molecule has 4 nitrogen and oxygen atoms in total. The Morgan fingerprint density at radius 3 is 2.67 bits per heavy atom. The number of carbonyl (C=O) groups excluding carboxylic acids is 1. The van der Waals surface area contributed by atoms with E-state index in [1.807, 2.05) is 0 Å². The second-order valence-electron chi connectivity index (χ2n) is 4.90. The van der Waals surface area contributed by atoms with Crippen LogP contribution in [0.3, 0.4) is 0 Å². The van der Waals surface area contributed by atoms with E-state index in [0.717, 1.165) is 26.0 Å². The number of nitrogens with zero attached hydrogens (tertiary/aromatic N) is 2. The van der Waals surface area contributed by atoms with Crippen LogP contribution < -0.4 is 0 Å². The minimum absolute atomic E-state index is 0.145. The van der Waals surface area contributed by atoms with E-state index in [0.29, 0.717) is 5.56 Å². The summed E-state index contributed by atoms with van der Waals surface area (Å²) in [6, 6.07) is 1.12. The summed E-state index contributed by atoms with van der Waals surface area (Å²) in [7, 11) is 1.15. The van der Waals surface area contributed by atoms with Gasteiger partial charge in [-0.15, -0.1) is 0 Å². The molecule has 1 aliphatic carbocycles. The largest absolute Gasteiger partial charge is 0.464 e. The number of carbonyl (C=O) groups is 1. The molecule has 0 spiro atoms. The molecule has 0 unspecified atom stereocenters. The standard InChI is InChI=1S/C13H10BrF3N2O2/c1-21-12(20)9-10(14)19-5-7(6-2-3-6)4-8(11(19)18-9)13(15,16)17/h4-6H,2-3H2,1H3. The molecule has 1 saturated carbocycles. The highest BCUT2D eigenvalue weighted by atomic mass is 79.9. The molecule has 0 radical (unpaired) electrons. The number of hydrogen-bond donors (Lipinski definition) is 0. The van der Waals surface area contributed by atoms with Gasteiger partial charge in [-0.2, -0.15) is 13.2 Å². The number of imidazole rings is 1. The number of aromatic nitrogens is 2. The van der Waals surface area contributed by atoms with E-state index in [4.69, 9.17) is 0 Å². The minimum atomic E-state index is -4.54. The highest BCUT2D eigenvalue weighted by Crippen LogP contribution is 2.43. The summed E-state index contributed by atoms with van der Waals surface area (Å²) in [4.78, 5) is 15.4. The van der Waals surface area contributed by atoms with Crippen LogP contribution in [0.4, 0.5) is 13.2 Å². The van der Waals surface area contributed by atoms with Gasteiger partial charge in [-0.3, -0.25) is 4.40 Å². The third-order valence-corrected chi connectivity index (χ3v) is 4.17. The molecule has 1 aliphatic rings. The smallest absolute Gasteiger partial charge is 0.419 e. The first-order valence-corrected chi connectivity index (χ1v) is 6.99. The molecule has 0 amide bonds. The lowest BCUT2D eigenvalue weighted by Gasteiger charge is -2.10. The summed E-state index contributed by atoms with van der Waals surface area (Å²) < 4.78 is 45.6. The number of alkyl halides is 3. The summed E-state index contributed by atoms with van der Waals surface area (Å²) in [6.45, 7) is 0. The van der Waals surface area contributed by atoms with Gasteiger partial charge in [0.1, 0.15) is 4.60 Å². The number of fused-ring (bicyclic) bond motifs is 1. The zero-order valence-electron chi connectivity index (χ0n) is 10.9. The first-order valence-electron chi connectivity index (χ1n) is 6.20. The molecule has 0 saturated heterocycles. The van der Waals surface area contributed by atoms with Gasteiger partial charge in [0.05, 0.1) is 12.7 Å². The maximum Gasteiger partial charge on any atom is 0.419 e. The average molecular weight is 363 g/mol. The fraction of sp³-hybridized carbons (Fsp3) is 0.385. The fourth-order valence-corrected chi connectivity index (χ4v) is 2.73. The zero-order valence-corrected chi connectivity index (χ0v) is 12.5. The summed E-state index contributed by atoms with van der Waals surface area (Å²) in [5.41, 5.74) is -0.720. The molecule has 112 valence electrons. The fourth-order valence-electron chi connectivity index (χ4n) is 2.21. The van der Waals surface area contributed by atoms with E-state index in [9.17, 15) is 18.0 Å². The lowest BCUT2D eigenvalue weighted by Crippen LogP contribution is -2.09. The summed E-state index contributed by atoms with van der Waals surface area (Å²) in [6.07, 6.45) is -1.20. The predicted octanol–water partition coefficient (Wildman–Crippen LogP) is 3.78. The molecule has 3 rings (SSSR count). The third kappa shape index (κ3) is 2.41. The van der Waals surface area contributed by atoms with Crippen molar-refractivity contribution in [2.75, 3.05) is 7.11 Å². The number of esters is 1. The molecule has 2 aromatic rings. The van der Waals surface area contributed by atoms with Crippen molar-refractivity contribution in [3.63, 3.8) is 0 Å². The highest BCUT2D eigenvalue weighted by Gasteiger charge is 2.37. The van der Waals surface area contributed by atoms with Crippen LogP contribution in [-0.2, 0) is 10.9 Å². The van der Waals surface area contributed by atoms with Crippen molar-refractivity contribution < 1.29 is 22.7 Å². The molecule has 21 heavy (non-hydrogen) atoms. The van der Waals surface area contributed by atoms with Crippen molar-refractivity contribution >= 4 is 27.5 Å². The van der Waals surface area contributed by atoms with E-state index in [1.165, 1.54) is 4.40 Å². The van der Waals surface area contributed by atoms with E-state index < -0.39 is 17.7 Å². The topological polar surface area (TPSA) is 43.6 Å². The van der Waals surface area contributed by atoms with Crippen molar-refractivity contribution in [1.29, 1.82) is 0 Å². The van der Waals surface area contributed by atoms with Crippen LogP contribution >= 0.6 is 15.9 Å². The van der Waals surface area contributed by atoms with Crippen LogP contribution in [0.25, 0.3) is 5.65 Å². The monoisotopic (exact) mass is 362 g/mol. The Labute approximate surface area is 126 Å². The lowest BCUT2D eigenvalue weighted by atomic mass is 10.1. The molecule has 2 heterocycles. The van der Waals surface area contributed by atoms with Crippen LogP contribution in [0.15, 0.2) is 16.9 Å². The van der Waals surface area contributed by atoms with Gasteiger partial charge in [0.15, 0.2) is 11.3 Å². The van der Waals surface area contributed by atoms with Crippen LogP contribution in [-0.4, -0.2) is 22.5 Å². The van der Waals surface area contributed by atoms with Gasteiger partial charge in [0.2, 0.25) is 0 Å². The first-order chi connectivity index (χ1) is 9.82. The molecular formula is C13H10BrF3N2O2. The number of hydrogen-bond acceptors (Lipinski definition) is 3. The van der Waals surface area contributed by atoms with Gasteiger partial charge in [0.25, 0.3) is 0 Å². The van der Waals surface area contributed by atoms with E-state index in [2.05, 4.69) is 25.7 Å². The van der Waals surface area contributed by atoms with E-state index in [-0.39, 0.29) is 21.9 Å². The van der Waals surface area contributed by atoms with E-state index in [1.54, 1.807) is 6.20 Å². The van der Waals surface area contributed by atoms with Gasteiger partial charge in [-0.1, -0.05) is 0 Å². The Morgan fingerprint density at radius 2 is 2.14 bits per heavy atom. The van der Waals surface area contributed by atoms with Crippen molar-refractivity contribution in [3.8, 4) is 0 Å². The molecule has 1 fully saturated rings. The Balaban J connectivity index is 2.30. The van der Waals surface area contributed by atoms with Gasteiger partial charge >= 0.3 is 12.1 Å². The Bertz CT molecular complexity index is 735. The summed E-state index contributed by atoms with van der Waals surface area (Å²) in [5, 5.41) is 0. The van der Waals surface area contributed by atoms with Gasteiger partial charge in [-0.25, -0.2) is 9.78 Å². The molecule has 2 aromatic heterocycles. The molecule has 0 N–H and O–H groups in total. The molecular weight excluding hydrogens is 353 g/mol. The second-order valence-corrected chi connectivity index (χ2v) is 5.65. The van der Waals surface area contributed by atoms with Crippen LogP contribution in [0.5, 0.6) is 0 Å². The average Bonchev–Trinajstić information content (AvgIpc) is 3.21. The molecule has 0 aromatic carbocycles. The first kappa shape index (κ1) is 14.4. The quantitative estimate of drug-likeness (QED) is 0.763. The lowest BCUT2D eigenvalue weighted by molar-refractivity contribution is -0.136. The Morgan fingerprint density at radius 1 is 1.48 bits per heavy atom. The van der Waals surface area contributed by atoms with Crippen molar-refractivity contribution in [2.24, 2.45) is 0 Å². The zero-order chi connectivity index (χ0) is 15.4. The van der Waals surface area contributed by atoms with Crippen molar-refractivity contribution in [3.05, 3.63) is 33.7 Å². The van der Waals surface area contributed by atoms with Gasteiger partial charge < -0.3 is 4.74 Å². The van der Waals surface area contributed by atoms with Crippen molar-refractivity contribution in [1.82, 2.24) is 9.38 Å². The van der Waals surface area contributed by atoms with Gasteiger partial charge in [0, 0.05) is 6.20 Å². The summed E-state index contributed by atoms with van der Waals surface area (Å²) >= 11 is 3.13. The number of methoxy groups -OCH3 is 1. The Hall–Kier alpha value is -1.57.